The van der Waals surface area contributed by atoms with Gasteiger partial charge in [0.1, 0.15) is 5.76 Å². The molecule has 2 heterocycles. The van der Waals surface area contributed by atoms with Crippen molar-refractivity contribution in [1.29, 1.82) is 0 Å². The molecule has 3 aromatic rings. The Morgan fingerprint density at radius 2 is 1.80 bits per heavy atom. The number of hydrogen-bond donors (Lipinski definition) is 1. The van der Waals surface area contributed by atoms with Gasteiger partial charge in [-0.25, -0.2) is 0 Å². The summed E-state index contributed by atoms with van der Waals surface area (Å²) in [4.78, 5) is 30.4. The number of furan rings is 1. The van der Waals surface area contributed by atoms with E-state index in [2.05, 4.69) is 10.3 Å². The molecule has 0 fully saturated rings. The Hall–Kier alpha value is -3.62. The Kier molecular flexibility index (Phi) is 6.51. The number of benzene rings is 1. The lowest BCUT2D eigenvalue weighted by Crippen LogP contribution is -2.39. The number of pyridine rings is 1. The molecule has 2 aromatic heterocycles. The highest BCUT2D eigenvalue weighted by atomic mass is 19.4. The van der Waals surface area contributed by atoms with E-state index in [4.69, 9.17) is 4.42 Å². The average Bonchev–Trinajstić information content (AvgIpc) is 3.24. The third kappa shape index (κ3) is 5.69. The summed E-state index contributed by atoms with van der Waals surface area (Å²) in [5.41, 5.74) is -0.0247. The van der Waals surface area contributed by atoms with Gasteiger partial charge in [0, 0.05) is 24.5 Å². The highest BCUT2D eigenvalue weighted by Gasteiger charge is 2.30. The van der Waals surface area contributed by atoms with E-state index in [1.54, 1.807) is 30.6 Å². The number of carbonyl (C=O) groups is 2. The molecule has 0 saturated carbocycles. The van der Waals surface area contributed by atoms with Crippen molar-refractivity contribution in [2.45, 2.75) is 19.3 Å². The number of halogens is 3. The van der Waals surface area contributed by atoms with Crippen molar-refractivity contribution in [2.75, 3.05) is 6.54 Å². The van der Waals surface area contributed by atoms with E-state index in [1.165, 1.54) is 11.2 Å². The van der Waals surface area contributed by atoms with Crippen molar-refractivity contribution in [3.63, 3.8) is 0 Å². The molecule has 2 amide bonds. The van der Waals surface area contributed by atoms with Gasteiger partial charge >= 0.3 is 6.18 Å². The first-order valence-electron chi connectivity index (χ1n) is 8.97. The quantitative estimate of drug-likeness (QED) is 0.637. The third-order valence-electron chi connectivity index (χ3n) is 4.25. The first kappa shape index (κ1) is 21.1. The van der Waals surface area contributed by atoms with Crippen LogP contribution in [-0.2, 0) is 24.1 Å². The standard InChI is InChI=1S/C21H18F3N3O3/c22-21(23,24)17-7-5-16(6-8-17)20(29)26-12-19(28)27(14-18-4-2-10-30-18)13-15-3-1-9-25-11-15/h1-11H,12-14H2,(H,26,29). The summed E-state index contributed by atoms with van der Waals surface area (Å²) in [5.74, 6) is -0.451. The molecule has 156 valence electrons. The maximum atomic E-state index is 12.7. The Balaban J connectivity index is 1.63. The van der Waals surface area contributed by atoms with Gasteiger partial charge in [0.25, 0.3) is 5.91 Å². The summed E-state index contributed by atoms with van der Waals surface area (Å²) in [6.45, 7) is 0.126. The van der Waals surface area contributed by atoms with Gasteiger partial charge in [-0.3, -0.25) is 14.6 Å². The number of nitrogens with one attached hydrogen (secondary N) is 1. The van der Waals surface area contributed by atoms with Crippen LogP contribution in [-0.4, -0.2) is 28.2 Å². The minimum Gasteiger partial charge on any atom is -0.467 e. The van der Waals surface area contributed by atoms with Gasteiger partial charge in [0.05, 0.1) is 24.9 Å². The lowest BCUT2D eigenvalue weighted by Gasteiger charge is -2.22. The fourth-order valence-corrected chi connectivity index (χ4v) is 2.72. The molecule has 1 N–H and O–H groups in total. The molecule has 0 aliphatic rings. The zero-order valence-corrected chi connectivity index (χ0v) is 15.7. The van der Waals surface area contributed by atoms with Crippen LogP contribution in [0.3, 0.4) is 0 Å². The van der Waals surface area contributed by atoms with Crippen molar-refractivity contribution in [2.24, 2.45) is 0 Å². The zero-order valence-electron chi connectivity index (χ0n) is 15.7. The molecule has 0 spiro atoms. The van der Waals surface area contributed by atoms with E-state index >= 15 is 0 Å². The van der Waals surface area contributed by atoms with E-state index in [0.717, 1.165) is 29.8 Å². The summed E-state index contributed by atoms with van der Waals surface area (Å²) in [5, 5.41) is 2.45. The maximum absolute atomic E-state index is 12.7. The Bertz CT molecular complexity index is 972. The van der Waals surface area contributed by atoms with Crippen molar-refractivity contribution in [3.8, 4) is 0 Å². The lowest BCUT2D eigenvalue weighted by molar-refractivity contribution is -0.137. The van der Waals surface area contributed by atoms with Crippen molar-refractivity contribution in [3.05, 3.63) is 89.6 Å². The van der Waals surface area contributed by atoms with E-state index in [-0.39, 0.29) is 31.1 Å². The van der Waals surface area contributed by atoms with Crippen LogP contribution >= 0.6 is 0 Å². The molecule has 0 aliphatic heterocycles. The normalized spacial score (nSPS) is 11.2. The van der Waals surface area contributed by atoms with E-state index in [1.807, 2.05) is 6.07 Å². The molecule has 0 saturated heterocycles. The number of aromatic nitrogens is 1. The first-order valence-corrected chi connectivity index (χ1v) is 8.97. The minimum absolute atomic E-state index is 0.0284. The number of rotatable bonds is 7. The summed E-state index contributed by atoms with van der Waals surface area (Å²) in [7, 11) is 0. The summed E-state index contributed by atoms with van der Waals surface area (Å²) in [6.07, 6.45) is 0.258. The number of carbonyl (C=O) groups excluding carboxylic acids is 2. The molecule has 30 heavy (non-hydrogen) atoms. The molecule has 0 radical (unpaired) electrons. The largest absolute Gasteiger partial charge is 0.467 e. The van der Waals surface area contributed by atoms with Crippen LogP contribution in [0.2, 0.25) is 0 Å². The predicted molar refractivity (Wildman–Crippen MR) is 101 cm³/mol. The average molecular weight is 417 g/mol. The molecule has 0 bridgehead atoms. The first-order chi connectivity index (χ1) is 14.3. The maximum Gasteiger partial charge on any atom is 0.416 e. The second-order valence-electron chi connectivity index (χ2n) is 6.45. The number of alkyl halides is 3. The van der Waals surface area contributed by atoms with E-state index < -0.39 is 17.6 Å². The third-order valence-corrected chi connectivity index (χ3v) is 4.25. The van der Waals surface area contributed by atoms with Crippen LogP contribution < -0.4 is 5.32 Å². The highest BCUT2D eigenvalue weighted by molar-refractivity contribution is 5.96. The number of hydrogen-bond acceptors (Lipinski definition) is 4. The van der Waals surface area contributed by atoms with Crippen LogP contribution in [0.25, 0.3) is 0 Å². The fourth-order valence-electron chi connectivity index (χ4n) is 2.72. The minimum atomic E-state index is -4.48. The molecule has 0 aliphatic carbocycles. The molecule has 0 atom stereocenters. The van der Waals surface area contributed by atoms with Crippen molar-refractivity contribution < 1.29 is 27.2 Å². The number of amides is 2. The molecular formula is C21H18F3N3O3. The predicted octanol–water partition coefficient (Wildman–Crippen LogP) is 3.65. The second-order valence-corrected chi connectivity index (χ2v) is 6.45. The van der Waals surface area contributed by atoms with Gasteiger partial charge in [-0.2, -0.15) is 13.2 Å². The van der Waals surface area contributed by atoms with Crippen molar-refractivity contribution >= 4 is 11.8 Å². The van der Waals surface area contributed by atoms with Gasteiger partial charge in [-0.1, -0.05) is 6.07 Å². The summed E-state index contributed by atoms with van der Waals surface area (Å²) >= 11 is 0. The van der Waals surface area contributed by atoms with Gasteiger partial charge in [0.2, 0.25) is 5.91 Å². The van der Waals surface area contributed by atoms with Gasteiger partial charge < -0.3 is 14.6 Å². The van der Waals surface area contributed by atoms with Crippen LogP contribution in [0.4, 0.5) is 13.2 Å². The topological polar surface area (TPSA) is 75.4 Å². The zero-order chi connectivity index (χ0) is 21.6. The summed E-state index contributed by atoms with van der Waals surface area (Å²) in [6, 6.07) is 10.8. The molecular weight excluding hydrogens is 399 g/mol. The Morgan fingerprint density at radius 3 is 2.40 bits per heavy atom. The fraction of sp³-hybridized carbons (Fsp3) is 0.190. The SMILES string of the molecule is O=C(NCC(=O)N(Cc1cccnc1)Cc1ccco1)c1ccc(C(F)(F)F)cc1. The van der Waals surface area contributed by atoms with Crippen molar-refractivity contribution in [1.82, 2.24) is 15.2 Å². The van der Waals surface area contributed by atoms with E-state index in [0.29, 0.717) is 5.76 Å². The van der Waals surface area contributed by atoms with Gasteiger partial charge in [0.15, 0.2) is 0 Å². The van der Waals surface area contributed by atoms with Crippen LogP contribution in [0.1, 0.15) is 27.2 Å². The Labute approximate surface area is 170 Å². The van der Waals surface area contributed by atoms with Crippen LogP contribution in [0.5, 0.6) is 0 Å². The molecule has 9 heteroatoms. The second kappa shape index (κ2) is 9.25. The monoisotopic (exact) mass is 417 g/mol. The molecule has 0 unspecified atom stereocenters. The number of nitrogens with zero attached hydrogens (tertiary/aromatic N) is 2. The smallest absolute Gasteiger partial charge is 0.416 e. The van der Waals surface area contributed by atoms with Gasteiger partial charge in [-0.05, 0) is 48.0 Å². The van der Waals surface area contributed by atoms with Crippen LogP contribution in [0.15, 0.2) is 71.6 Å². The highest BCUT2D eigenvalue weighted by Crippen LogP contribution is 2.29. The molecule has 1 aromatic carbocycles. The summed E-state index contributed by atoms with van der Waals surface area (Å²) < 4.78 is 43.2. The van der Waals surface area contributed by atoms with E-state index in [9.17, 15) is 22.8 Å². The Morgan fingerprint density at radius 1 is 1.03 bits per heavy atom. The van der Waals surface area contributed by atoms with Crippen LogP contribution in [0, 0.1) is 0 Å². The molecule has 6 nitrogen and oxygen atoms in total. The van der Waals surface area contributed by atoms with Gasteiger partial charge in [-0.15, -0.1) is 0 Å². The molecule has 3 rings (SSSR count). The lowest BCUT2D eigenvalue weighted by atomic mass is 10.1.